The minimum Gasteiger partial charge on any atom is -0.450 e. The summed E-state index contributed by atoms with van der Waals surface area (Å²) in [4.78, 5) is 140. The molecule has 0 radical (unpaired) electrons. The summed E-state index contributed by atoms with van der Waals surface area (Å²) < 4.78 is 6.03. The molecular formula is C66H90N8O11. The first kappa shape index (κ1) is 66.5. The summed E-state index contributed by atoms with van der Waals surface area (Å²) in [7, 11) is 5.58. The summed E-state index contributed by atoms with van der Waals surface area (Å²) in [5, 5.41) is 22.3. The second kappa shape index (κ2) is 28.9. The van der Waals surface area contributed by atoms with E-state index in [1.165, 1.54) is 70.6 Å². The summed E-state index contributed by atoms with van der Waals surface area (Å²) in [6.07, 6.45) is -0.0373. The highest BCUT2D eigenvalue weighted by Gasteiger charge is 2.47. The van der Waals surface area contributed by atoms with Crippen LogP contribution < -0.4 is 16.0 Å². The number of ether oxygens (including phenoxy) is 1. The Morgan fingerprint density at radius 2 is 1.16 bits per heavy atom. The molecular weight excluding hydrogens is 1080 g/mol. The molecule has 0 spiro atoms. The molecule has 19 nitrogen and oxygen atoms in total. The topological polar surface area (TPSA) is 235 Å². The Morgan fingerprint density at radius 1 is 0.600 bits per heavy atom. The average Bonchev–Trinajstić information content (AvgIpc) is 3.40. The third-order valence-corrected chi connectivity index (χ3v) is 17.3. The molecule has 4 aromatic carbocycles. The minimum absolute atomic E-state index is 0.00759. The standard InChI is InChI=1S/C66H90N8O11/c1-15-40(5)54-63(81)70(11)42(7)57(75)67-50(35-39(3)4)61(79)73(14)56(66(9,10)84)65(83)85-55(41(6)16-2)64(82)71(12)43(8)58(76)68-51(37-44-25-18-17-19-26-44)60(78)72(13)53(62(80)74-34-24-33-52(74)59(77)69-54)38-45-27-22-30-47(36-45)49-32-23-29-46-28-20-21-31-48(46)49/h17-23,25-32,36,39-43,50-56,84H,15-16,24,33-35,37-38H2,1-14H3,(H,67,75)(H,68,76)(H,69,77)/t40?,41-,42+,43+,50?,51?,52?,53?,54?,55?,56?/m1/s1. The second-order valence-electron chi connectivity index (χ2n) is 24.4. The number of benzene rings is 4. The van der Waals surface area contributed by atoms with Crippen LogP contribution in [0.15, 0.2) is 97.1 Å². The number of aliphatic hydroxyl groups is 1. The Hall–Kier alpha value is -7.67. The molecule has 0 aromatic heterocycles. The van der Waals surface area contributed by atoms with Crippen LogP contribution in [0.25, 0.3) is 21.9 Å². The van der Waals surface area contributed by atoms with Gasteiger partial charge in [-0.1, -0.05) is 145 Å². The minimum atomic E-state index is -1.97. The van der Waals surface area contributed by atoms with Crippen molar-refractivity contribution in [2.75, 3.05) is 34.7 Å². The van der Waals surface area contributed by atoms with Gasteiger partial charge in [-0.2, -0.15) is 0 Å². The second-order valence-corrected chi connectivity index (χ2v) is 24.4. The zero-order valence-corrected chi connectivity index (χ0v) is 52.1. The maximum atomic E-state index is 15.6. The monoisotopic (exact) mass is 1170 g/mol. The number of carbonyl (C=O) groups is 9. The quantitative estimate of drug-likeness (QED) is 0.122. The first-order valence-electron chi connectivity index (χ1n) is 29.9. The molecule has 4 aromatic rings. The number of amides is 8. The van der Waals surface area contributed by atoms with Gasteiger partial charge in [0.05, 0.1) is 5.60 Å². The van der Waals surface area contributed by atoms with Gasteiger partial charge in [-0.3, -0.25) is 38.4 Å². The number of nitrogens with zero attached hydrogens (tertiary/aromatic N) is 5. The summed E-state index contributed by atoms with van der Waals surface area (Å²) in [5.74, 6) is -7.78. The van der Waals surface area contributed by atoms with Crippen LogP contribution in [0.4, 0.5) is 0 Å². The number of cyclic esters (lactones) is 1. The Labute approximate surface area is 501 Å². The van der Waals surface area contributed by atoms with Crippen molar-refractivity contribution in [2.45, 2.75) is 174 Å². The van der Waals surface area contributed by atoms with Crippen LogP contribution in [-0.4, -0.2) is 178 Å². The van der Waals surface area contributed by atoms with Crippen molar-refractivity contribution in [1.29, 1.82) is 0 Å². The van der Waals surface area contributed by atoms with Gasteiger partial charge < -0.3 is 50.3 Å². The molecule has 0 saturated carbocycles. The molecule has 8 amide bonds. The van der Waals surface area contributed by atoms with Crippen molar-refractivity contribution in [3.05, 3.63) is 108 Å². The number of esters is 1. The highest BCUT2D eigenvalue weighted by Crippen LogP contribution is 2.31. The molecule has 19 heteroatoms. The molecule has 0 bridgehead atoms. The molecule has 2 aliphatic rings. The maximum Gasteiger partial charge on any atom is 0.332 e. The highest BCUT2D eigenvalue weighted by molar-refractivity contribution is 6.00. The molecule has 85 heavy (non-hydrogen) atoms. The Balaban J connectivity index is 1.48. The van der Waals surface area contributed by atoms with Crippen molar-refractivity contribution in [1.82, 2.24) is 40.4 Å². The number of nitrogens with one attached hydrogen (secondary N) is 3. The van der Waals surface area contributed by atoms with Crippen LogP contribution in [-0.2, 0) is 60.7 Å². The largest absolute Gasteiger partial charge is 0.450 e. The van der Waals surface area contributed by atoms with E-state index >= 15 is 9.59 Å². The zero-order chi connectivity index (χ0) is 62.8. The third-order valence-electron chi connectivity index (χ3n) is 17.3. The number of hydrogen-bond acceptors (Lipinski definition) is 11. The van der Waals surface area contributed by atoms with Gasteiger partial charge in [0.15, 0.2) is 12.1 Å². The van der Waals surface area contributed by atoms with E-state index in [-0.39, 0.29) is 38.1 Å². The smallest absolute Gasteiger partial charge is 0.332 e. The van der Waals surface area contributed by atoms with Crippen LogP contribution in [0.5, 0.6) is 0 Å². The van der Waals surface area contributed by atoms with E-state index in [2.05, 4.69) is 16.0 Å². The molecule has 11 atom stereocenters. The van der Waals surface area contributed by atoms with E-state index in [1.54, 1.807) is 45.0 Å². The molecule has 460 valence electrons. The van der Waals surface area contributed by atoms with E-state index in [0.717, 1.165) is 31.7 Å². The van der Waals surface area contributed by atoms with Crippen molar-refractivity contribution in [2.24, 2.45) is 17.8 Å². The van der Waals surface area contributed by atoms with Crippen LogP contribution in [0.3, 0.4) is 0 Å². The Kier molecular flexibility index (Phi) is 22.6. The first-order valence-corrected chi connectivity index (χ1v) is 29.9. The molecule has 2 heterocycles. The van der Waals surface area contributed by atoms with Crippen molar-refractivity contribution in [3.63, 3.8) is 0 Å². The Morgan fingerprint density at radius 3 is 1.79 bits per heavy atom. The molecule has 2 fully saturated rings. The maximum absolute atomic E-state index is 15.6. The predicted molar refractivity (Wildman–Crippen MR) is 326 cm³/mol. The van der Waals surface area contributed by atoms with Gasteiger partial charge in [-0.05, 0) is 98.2 Å². The molecule has 2 saturated heterocycles. The lowest BCUT2D eigenvalue weighted by molar-refractivity contribution is -0.177. The lowest BCUT2D eigenvalue weighted by Gasteiger charge is -2.39. The van der Waals surface area contributed by atoms with Crippen molar-refractivity contribution < 1.29 is 53.0 Å². The van der Waals surface area contributed by atoms with Gasteiger partial charge in [-0.25, -0.2) is 4.79 Å². The van der Waals surface area contributed by atoms with Crippen molar-refractivity contribution in [3.8, 4) is 11.1 Å². The zero-order valence-electron chi connectivity index (χ0n) is 52.1. The van der Waals surface area contributed by atoms with E-state index < -0.39 is 125 Å². The fraction of sp³-hybridized carbons (Fsp3) is 0.530. The SMILES string of the molecule is CCC(C)C1NC(=O)C2CCCN2C(=O)C(Cc2cccc(-c3cccc4ccccc34)c2)N(C)C(=O)C(Cc2ccccc2)NC(=O)[C@H](C)N(C)C(=O)C([C@H](C)CC)OC(=O)C(C(C)(C)O)N(C)C(=O)C(CC(C)C)NC(=O)[C@H](C)N(C)C1=O. The molecule has 2 aliphatic heterocycles. The van der Waals surface area contributed by atoms with Gasteiger partial charge in [0.1, 0.15) is 42.3 Å². The lowest BCUT2D eigenvalue weighted by atomic mass is 9.94. The number of likely N-dealkylation sites (N-methyl/N-ethyl adjacent to an activating group) is 4. The molecule has 4 N–H and O–H groups in total. The summed E-state index contributed by atoms with van der Waals surface area (Å²) in [6, 6.07) is 20.5. The fourth-order valence-electron chi connectivity index (χ4n) is 11.4. The van der Waals surface area contributed by atoms with Crippen LogP contribution >= 0.6 is 0 Å². The van der Waals surface area contributed by atoms with Crippen LogP contribution in [0.2, 0.25) is 0 Å². The lowest BCUT2D eigenvalue weighted by Crippen LogP contribution is -2.62. The fourth-order valence-corrected chi connectivity index (χ4v) is 11.4. The van der Waals surface area contributed by atoms with Crippen molar-refractivity contribution >= 4 is 64.0 Å². The van der Waals surface area contributed by atoms with E-state index in [4.69, 9.17) is 4.74 Å². The predicted octanol–water partition coefficient (Wildman–Crippen LogP) is 5.92. The van der Waals surface area contributed by atoms with Crippen LogP contribution in [0, 0.1) is 17.8 Å². The number of fused-ring (bicyclic) bond motifs is 2. The highest BCUT2D eigenvalue weighted by atomic mass is 16.6. The first-order chi connectivity index (χ1) is 40.1. The van der Waals surface area contributed by atoms with E-state index in [1.807, 2.05) is 93.6 Å². The normalized spacial score (nSPS) is 25.3. The average molecular weight is 1170 g/mol. The van der Waals surface area contributed by atoms with Gasteiger partial charge in [0.25, 0.3) is 5.91 Å². The molecule has 6 rings (SSSR count). The van der Waals surface area contributed by atoms with Gasteiger partial charge >= 0.3 is 5.97 Å². The van der Waals surface area contributed by atoms with Gasteiger partial charge in [-0.15, -0.1) is 0 Å². The number of carbonyl (C=O) groups excluding carboxylic acids is 9. The van der Waals surface area contributed by atoms with Crippen LogP contribution in [0.1, 0.15) is 112 Å². The van der Waals surface area contributed by atoms with Gasteiger partial charge in [0.2, 0.25) is 41.4 Å². The van der Waals surface area contributed by atoms with Gasteiger partial charge in [0, 0.05) is 53.5 Å². The number of hydrogen-bond donors (Lipinski definition) is 4. The molecule has 0 aliphatic carbocycles. The van der Waals surface area contributed by atoms with E-state index in [9.17, 15) is 38.7 Å². The summed E-state index contributed by atoms with van der Waals surface area (Å²) >= 11 is 0. The third kappa shape index (κ3) is 15.8. The van der Waals surface area contributed by atoms with E-state index in [0.29, 0.717) is 30.4 Å². The molecule has 8 unspecified atom stereocenters. The summed E-state index contributed by atoms with van der Waals surface area (Å²) in [5.41, 5.74) is 1.25. The summed E-state index contributed by atoms with van der Waals surface area (Å²) in [6.45, 7) is 16.5. The number of rotatable bonds is 12. The Bertz CT molecular complexity index is 3050.